The van der Waals surface area contributed by atoms with Gasteiger partial charge in [0.25, 0.3) is 0 Å². The minimum absolute atomic E-state index is 0.0489. The molecule has 1 unspecified atom stereocenters. The number of carbonyl (C=O) groups excluding carboxylic acids is 1. The summed E-state index contributed by atoms with van der Waals surface area (Å²) in [7, 11) is 1.66. The highest BCUT2D eigenvalue weighted by atomic mass is 32.2. The summed E-state index contributed by atoms with van der Waals surface area (Å²) in [5.74, 6) is 1.83. The third-order valence-corrected chi connectivity index (χ3v) is 5.98. The Hall–Kier alpha value is -2.14. The van der Waals surface area contributed by atoms with Crippen LogP contribution in [-0.2, 0) is 6.42 Å². The molecule has 26 heavy (non-hydrogen) atoms. The Kier molecular flexibility index (Phi) is 6.83. The maximum absolute atomic E-state index is 12.5. The molecule has 2 aromatic carbocycles. The summed E-state index contributed by atoms with van der Waals surface area (Å²) in [4.78, 5) is 14.4. The highest BCUT2D eigenvalue weighted by molar-refractivity contribution is 7.99. The smallest absolute Gasteiger partial charge is 0.317 e. The van der Waals surface area contributed by atoms with Crippen LogP contribution in [0.4, 0.5) is 4.79 Å². The van der Waals surface area contributed by atoms with Crippen molar-refractivity contribution in [1.82, 2.24) is 10.2 Å². The largest absolute Gasteiger partial charge is 0.497 e. The molecule has 3 rings (SSSR count). The molecule has 1 aliphatic heterocycles. The third kappa shape index (κ3) is 5.18. The van der Waals surface area contributed by atoms with Gasteiger partial charge >= 0.3 is 6.03 Å². The van der Waals surface area contributed by atoms with Crippen LogP contribution >= 0.6 is 11.8 Å². The number of thioether (sulfide) groups is 1. The minimum Gasteiger partial charge on any atom is -0.497 e. The summed E-state index contributed by atoms with van der Waals surface area (Å²) in [6.45, 7) is 2.26. The number of carbonyl (C=O) groups is 1. The van der Waals surface area contributed by atoms with Crippen molar-refractivity contribution >= 4 is 17.8 Å². The first-order chi connectivity index (χ1) is 12.8. The molecular weight excluding hydrogens is 344 g/mol. The number of benzene rings is 2. The van der Waals surface area contributed by atoms with Crippen LogP contribution in [0.3, 0.4) is 0 Å². The first kappa shape index (κ1) is 18.6. The van der Waals surface area contributed by atoms with Gasteiger partial charge in [-0.3, -0.25) is 0 Å². The van der Waals surface area contributed by atoms with Gasteiger partial charge in [0.15, 0.2) is 0 Å². The number of nitrogens with zero attached hydrogens (tertiary/aromatic N) is 1. The van der Waals surface area contributed by atoms with Crippen molar-refractivity contribution in [2.75, 3.05) is 32.5 Å². The maximum atomic E-state index is 12.5. The van der Waals surface area contributed by atoms with E-state index in [9.17, 15) is 4.79 Å². The lowest BCUT2D eigenvalue weighted by Gasteiger charge is -2.21. The molecule has 5 heteroatoms. The zero-order chi connectivity index (χ0) is 18.2. The average Bonchev–Trinajstić information content (AvgIpc) is 2.95. The first-order valence-electron chi connectivity index (χ1n) is 9.08. The van der Waals surface area contributed by atoms with E-state index < -0.39 is 0 Å². The molecule has 138 valence electrons. The van der Waals surface area contributed by atoms with E-state index in [1.807, 2.05) is 47.0 Å². The number of methoxy groups -OCH3 is 1. The first-order valence-corrected chi connectivity index (χ1v) is 10.1. The molecule has 1 fully saturated rings. The molecule has 4 nitrogen and oxygen atoms in total. The van der Waals surface area contributed by atoms with Crippen molar-refractivity contribution in [3.63, 3.8) is 0 Å². The van der Waals surface area contributed by atoms with Crippen LogP contribution in [0.1, 0.15) is 22.8 Å². The summed E-state index contributed by atoms with van der Waals surface area (Å²) in [5, 5.41) is 3.54. The van der Waals surface area contributed by atoms with Crippen molar-refractivity contribution in [2.45, 2.75) is 18.1 Å². The summed E-state index contributed by atoms with van der Waals surface area (Å²) < 4.78 is 5.17. The maximum Gasteiger partial charge on any atom is 0.317 e. The van der Waals surface area contributed by atoms with Crippen LogP contribution < -0.4 is 10.1 Å². The van der Waals surface area contributed by atoms with Crippen molar-refractivity contribution in [3.05, 3.63) is 65.7 Å². The van der Waals surface area contributed by atoms with Crippen LogP contribution in [0, 0.1) is 0 Å². The molecule has 1 heterocycles. The summed E-state index contributed by atoms with van der Waals surface area (Å²) in [6, 6.07) is 18.6. The standard InChI is InChI=1S/C21H26N2O2S/c1-25-19-9-7-17(8-10-19)11-13-22-21(24)23-14-12-20(26-16-15-23)18-5-3-2-4-6-18/h2-10,20H,11-16H2,1H3,(H,22,24). The SMILES string of the molecule is COc1ccc(CCNC(=O)N2CCSC(c3ccccc3)CC2)cc1. The summed E-state index contributed by atoms with van der Waals surface area (Å²) in [5.41, 5.74) is 2.56. The zero-order valence-corrected chi connectivity index (χ0v) is 16.0. The number of urea groups is 1. The summed E-state index contributed by atoms with van der Waals surface area (Å²) in [6.07, 6.45) is 1.82. The van der Waals surface area contributed by atoms with Gasteiger partial charge in [0, 0.05) is 30.6 Å². The predicted molar refractivity (Wildman–Crippen MR) is 108 cm³/mol. The highest BCUT2D eigenvalue weighted by Crippen LogP contribution is 2.34. The molecule has 0 spiro atoms. The second kappa shape index (κ2) is 9.53. The van der Waals surface area contributed by atoms with Gasteiger partial charge in [-0.15, -0.1) is 0 Å². The van der Waals surface area contributed by atoms with E-state index in [0.717, 1.165) is 37.4 Å². The van der Waals surface area contributed by atoms with E-state index in [2.05, 4.69) is 29.6 Å². The molecule has 0 aromatic heterocycles. The Morgan fingerprint density at radius 2 is 1.92 bits per heavy atom. The van der Waals surface area contributed by atoms with Crippen molar-refractivity contribution < 1.29 is 9.53 Å². The van der Waals surface area contributed by atoms with Crippen LogP contribution in [-0.4, -0.2) is 43.4 Å². The molecular formula is C21H26N2O2S. The molecule has 1 saturated heterocycles. The van der Waals surface area contributed by atoms with Crippen molar-refractivity contribution in [3.8, 4) is 5.75 Å². The molecule has 2 amide bonds. The van der Waals surface area contributed by atoms with Gasteiger partial charge in [0.1, 0.15) is 5.75 Å². The van der Waals surface area contributed by atoms with E-state index in [-0.39, 0.29) is 6.03 Å². The predicted octanol–water partition coefficient (Wildman–Crippen LogP) is 4.13. The lowest BCUT2D eigenvalue weighted by molar-refractivity contribution is 0.201. The molecule has 1 atom stereocenters. The number of ether oxygens (including phenoxy) is 1. The Morgan fingerprint density at radius 1 is 1.15 bits per heavy atom. The topological polar surface area (TPSA) is 41.6 Å². The van der Waals surface area contributed by atoms with E-state index in [4.69, 9.17) is 4.74 Å². The number of nitrogens with one attached hydrogen (secondary N) is 1. The fraction of sp³-hybridized carbons (Fsp3) is 0.381. The lowest BCUT2D eigenvalue weighted by atomic mass is 10.1. The Bertz CT molecular complexity index is 691. The van der Waals surface area contributed by atoms with E-state index in [1.54, 1.807) is 7.11 Å². The van der Waals surface area contributed by atoms with Crippen LogP contribution in [0.5, 0.6) is 5.75 Å². The van der Waals surface area contributed by atoms with Gasteiger partial charge in [-0.2, -0.15) is 11.8 Å². The molecule has 1 N–H and O–H groups in total. The molecule has 0 radical (unpaired) electrons. The zero-order valence-electron chi connectivity index (χ0n) is 15.2. The Morgan fingerprint density at radius 3 is 2.65 bits per heavy atom. The van der Waals surface area contributed by atoms with Crippen LogP contribution in [0.25, 0.3) is 0 Å². The van der Waals surface area contributed by atoms with E-state index in [1.165, 1.54) is 11.1 Å². The van der Waals surface area contributed by atoms with Gasteiger partial charge in [0.2, 0.25) is 0 Å². The van der Waals surface area contributed by atoms with Crippen molar-refractivity contribution in [1.29, 1.82) is 0 Å². The molecule has 0 saturated carbocycles. The molecule has 1 aliphatic rings. The second-order valence-corrected chi connectivity index (χ2v) is 7.69. The number of hydrogen-bond acceptors (Lipinski definition) is 3. The van der Waals surface area contributed by atoms with Gasteiger partial charge in [-0.25, -0.2) is 4.79 Å². The fourth-order valence-electron chi connectivity index (χ4n) is 3.12. The molecule has 2 aromatic rings. The normalized spacial score (nSPS) is 17.4. The number of hydrogen-bond donors (Lipinski definition) is 1. The van der Waals surface area contributed by atoms with Gasteiger partial charge in [0.05, 0.1) is 7.11 Å². The van der Waals surface area contributed by atoms with E-state index >= 15 is 0 Å². The van der Waals surface area contributed by atoms with Crippen molar-refractivity contribution in [2.24, 2.45) is 0 Å². The third-order valence-electron chi connectivity index (χ3n) is 4.65. The molecule has 0 aliphatic carbocycles. The number of amides is 2. The summed E-state index contributed by atoms with van der Waals surface area (Å²) >= 11 is 1.95. The quantitative estimate of drug-likeness (QED) is 0.860. The lowest BCUT2D eigenvalue weighted by Crippen LogP contribution is -2.41. The van der Waals surface area contributed by atoms with Crippen LogP contribution in [0.2, 0.25) is 0 Å². The Labute approximate surface area is 159 Å². The monoisotopic (exact) mass is 370 g/mol. The van der Waals surface area contributed by atoms with Gasteiger partial charge in [-0.05, 0) is 36.1 Å². The van der Waals surface area contributed by atoms with E-state index in [0.29, 0.717) is 11.8 Å². The van der Waals surface area contributed by atoms with Gasteiger partial charge < -0.3 is 15.0 Å². The van der Waals surface area contributed by atoms with Crippen LogP contribution in [0.15, 0.2) is 54.6 Å². The van der Waals surface area contributed by atoms with Gasteiger partial charge in [-0.1, -0.05) is 42.5 Å². The Balaban J connectivity index is 1.44. The number of rotatable bonds is 5. The minimum atomic E-state index is 0.0489. The fourth-order valence-corrected chi connectivity index (χ4v) is 4.36. The molecule has 0 bridgehead atoms. The highest BCUT2D eigenvalue weighted by Gasteiger charge is 2.21. The average molecular weight is 371 g/mol. The second-order valence-electron chi connectivity index (χ2n) is 6.38.